The van der Waals surface area contributed by atoms with Crippen LogP contribution in [0.5, 0.6) is 0 Å². The molecule has 1 aromatic heterocycles. The predicted molar refractivity (Wildman–Crippen MR) is 84.1 cm³/mol. The van der Waals surface area contributed by atoms with Crippen molar-refractivity contribution >= 4 is 28.7 Å². The average Bonchev–Trinajstić information content (AvgIpc) is 2.85. The van der Waals surface area contributed by atoms with Crippen molar-refractivity contribution in [2.75, 3.05) is 29.5 Å². The van der Waals surface area contributed by atoms with Crippen molar-refractivity contribution in [2.24, 2.45) is 10.2 Å². The Hall–Kier alpha value is -2.57. The lowest BCUT2D eigenvalue weighted by atomic mass is 10.1. The van der Waals surface area contributed by atoms with Gasteiger partial charge in [0, 0.05) is 18.8 Å². The number of hydrogen-bond donors (Lipinski definition) is 3. The van der Waals surface area contributed by atoms with Crippen LogP contribution in [0.3, 0.4) is 0 Å². The summed E-state index contributed by atoms with van der Waals surface area (Å²) < 4.78 is 0. The lowest BCUT2D eigenvalue weighted by Crippen LogP contribution is -2.29. The van der Waals surface area contributed by atoms with Crippen LogP contribution in [0, 0.1) is 0 Å². The zero-order valence-corrected chi connectivity index (χ0v) is 11.8. The molecule has 0 aliphatic carbocycles. The summed E-state index contributed by atoms with van der Waals surface area (Å²) in [5.41, 5.74) is 13.7. The minimum absolute atomic E-state index is 0.251. The van der Waals surface area contributed by atoms with Crippen LogP contribution in [0.2, 0.25) is 0 Å². The molecular formula is C14H19N7. The van der Waals surface area contributed by atoms with Gasteiger partial charge in [0.2, 0.25) is 0 Å². The second-order valence-electron chi connectivity index (χ2n) is 5.14. The first-order valence-electron chi connectivity index (χ1n) is 7.10. The van der Waals surface area contributed by atoms with E-state index in [9.17, 15) is 0 Å². The van der Waals surface area contributed by atoms with E-state index in [4.69, 9.17) is 11.5 Å². The Labute approximate surface area is 123 Å². The van der Waals surface area contributed by atoms with Crippen LogP contribution in [0.1, 0.15) is 19.3 Å². The molecule has 2 heterocycles. The maximum Gasteiger partial charge on any atom is 0.175 e. The van der Waals surface area contributed by atoms with Crippen molar-refractivity contribution in [1.82, 2.24) is 10.2 Å². The van der Waals surface area contributed by atoms with Crippen molar-refractivity contribution in [3.05, 3.63) is 24.3 Å². The Morgan fingerprint density at radius 1 is 1.00 bits per heavy atom. The maximum atomic E-state index is 5.67. The van der Waals surface area contributed by atoms with Gasteiger partial charge in [0.25, 0.3) is 0 Å². The Bertz CT molecular complexity index is 604. The molecule has 0 unspecified atom stereocenters. The number of azo groups is 1. The zero-order chi connectivity index (χ0) is 14.7. The Morgan fingerprint density at radius 3 is 2.33 bits per heavy atom. The summed E-state index contributed by atoms with van der Waals surface area (Å²) in [6.07, 6.45) is 3.86. The monoisotopic (exact) mass is 285 g/mol. The molecule has 3 rings (SSSR count). The number of H-pyrrole nitrogens is 1. The molecule has 5 N–H and O–H groups in total. The summed E-state index contributed by atoms with van der Waals surface area (Å²) in [5.74, 6) is 0.572. The molecule has 0 spiro atoms. The fourth-order valence-electron chi connectivity index (χ4n) is 2.46. The summed E-state index contributed by atoms with van der Waals surface area (Å²) in [6, 6.07) is 8.03. The predicted octanol–water partition coefficient (Wildman–Crippen LogP) is 2.98. The molecule has 110 valence electrons. The molecule has 1 aromatic carbocycles. The van der Waals surface area contributed by atoms with E-state index in [1.54, 1.807) is 0 Å². The minimum Gasteiger partial charge on any atom is -0.382 e. The molecule has 1 fully saturated rings. The van der Waals surface area contributed by atoms with Gasteiger partial charge >= 0.3 is 0 Å². The van der Waals surface area contributed by atoms with Crippen LogP contribution in [0.15, 0.2) is 34.5 Å². The highest BCUT2D eigenvalue weighted by Gasteiger charge is 2.10. The van der Waals surface area contributed by atoms with E-state index in [0.717, 1.165) is 18.8 Å². The third kappa shape index (κ3) is 2.96. The normalized spacial score (nSPS) is 15.7. The topological polar surface area (TPSA) is 109 Å². The fourth-order valence-corrected chi connectivity index (χ4v) is 2.46. The number of nitrogens with zero attached hydrogens (tertiary/aromatic N) is 4. The van der Waals surface area contributed by atoms with E-state index in [1.165, 1.54) is 24.9 Å². The molecule has 1 saturated heterocycles. The molecule has 0 bridgehead atoms. The molecule has 1 aliphatic heterocycles. The van der Waals surface area contributed by atoms with Gasteiger partial charge in [-0.2, -0.15) is 10.2 Å². The van der Waals surface area contributed by atoms with E-state index >= 15 is 0 Å². The van der Waals surface area contributed by atoms with Gasteiger partial charge in [-0.05, 0) is 43.5 Å². The van der Waals surface area contributed by atoms with Crippen molar-refractivity contribution in [2.45, 2.75) is 19.3 Å². The second-order valence-corrected chi connectivity index (χ2v) is 5.14. The van der Waals surface area contributed by atoms with E-state index in [0.29, 0.717) is 11.5 Å². The quantitative estimate of drug-likeness (QED) is 0.753. The van der Waals surface area contributed by atoms with Crippen molar-refractivity contribution in [3.63, 3.8) is 0 Å². The van der Waals surface area contributed by atoms with Crippen LogP contribution in [-0.2, 0) is 0 Å². The van der Waals surface area contributed by atoms with Crippen LogP contribution < -0.4 is 16.4 Å². The Morgan fingerprint density at radius 2 is 1.71 bits per heavy atom. The molecule has 7 heteroatoms. The van der Waals surface area contributed by atoms with Gasteiger partial charge in [-0.25, -0.2) is 0 Å². The molecule has 0 amide bonds. The van der Waals surface area contributed by atoms with Crippen LogP contribution in [-0.4, -0.2) is 23.3 Å². The number of aromatic nitrogens is 2. The molecule has 0 radical (unpaired) electrons. The number of hydrogen-bond acceptors (Lipinski definition) is 6. The molecule has 21 heavy (non-hydrogen) atoms. The molecule has 7 nitrogen and oxygen atoms in total. The van der Waals surface area contributed by atoms with Gasteiger partial charge in [0.05, 0.1) is 5.69 Å². The Kier molecular flexibility index (Phi) is 3.72. The first kappa shape index (κ1) is 13.4. The second kappa shape index (κ2) is 5.82. The zero-order valence-electron chi connectivity index (χ0n) is 11.8. The van der Waals surface area contributed by atoms with E-state index in [-0.39, 0.29) is 5.82 Å². The van der Waals surface area contributed by atoms with Crippen LogP contribution in [0.25, 0.3) is 0 Å². The number of rotatable bonds is 3. The standard InChI is InChI=1S/C14H19N7/c15-13-12(14(16)20-19-13)18-17-10-4-6-11(7-5-10)21-8-2-1-3-9-21/h4-7H,1-3,8-9H2,(H5,15,16,19,20). The van der Waals surface area contributed by atoms with Gasteiger partial charge in [0.1, 0.15) is 5.82 Å². The van der Waals surface area contributed by atoms with Gasteiger partial charge in [-0.15, -0.1) is 5.11 Å². The first-order chi connectivity index (χ1) is 10.2. The number of aromatic amines is 1. The third-order valence-corrected chi connectivity index (χ3v) is 3.63. The van der Waals surface area contributed by atoms with Gasteiger partial charge in [-0.1, -0.05) is 0 Å². The first-order valence-corrected chi connectivity index (χ1v) is 7.10. The van der Waals surface area contributed by atoms with Crippen molar-refractivity contribution in [3.8, 4) is 0 Å². The van der Waals surface area contributed by atoms with E-state index in [1.807, 2.05) is 12.1 Å². The highest BCUT2D eigenvalue weighted by molar-refractivity contribution is 5.70. The molecular weight excluding hydrogens is 266 g/mol. The highest BCUT2D eigenvalue weighted by Crippen LogP contribution is 2.29. The number of piperidine rings is 1. The minimum atomic E-state index is 0.251. The number of nitrogens with two attached hydrogens (primary N) is 2. The Balaban J connectivity index is 1.72. The molecule has 0 saturated carbocycles. The molecule has 0 atom stereocenters. The lowest BCUT2D eigenvalue weighted by molar-refractivity contribution is 0.578. The largest absolute Gasteiger partial charge is 0.382 e. The van der Waals surface area contributed by atoms with Gasteiger partial charge in [0.15, 0.2) is 11.5 Å². The number of nitrogens with one attached hydrogen (secondary N) is 1. The summed E-state index contributed by atoms with van der Waals surface area (Å²) in [7, 11) is 0. The molecule has 2 aromatic rings. The highest BCUT2D eigenvalue weighted by atomic mass is 15.2. The molecule has 1 aliphatic rings. The van der Waals surface area contributed by atoms with Crippen LogP contribution >= 0.6 is 0 Å². The summed E-state index contributed by atoms with van der Waals surface area (Å²) >= 11 is 0. The van der Waals surface area contributed by atoms with E-state index < -0.39 is 0 Å². The number of benzene rings is 1. The summed E-state index contributed by atoms with van der Waals surface area (Å²) in [5, 5.41) is 14.5. The van der Waals surface area contributed by atoms with Gasteiger partial charge in [-0.3, -0.25) is 5.10 Å². The van der Waals surface area contributed by atoms with Crippen LogP contribution in [0.4, 0.5) is 28.7 Å². The summed E-state index contributed by atoms with van der Waals surface area (Å²) in [6.45, 7) is 2.26. The smallest absolute Gasteiger partial charge is 0.175 e. The third-order valence-electron chi connectivity index (χ3n) is 3.63. The van der Waals surface area contributed by atoms with E-state index in [2.05, 4.69) is 37.5 Å². The maximum absolute atomic E-state index is 5.67. The number of nitrogen functional groups attached to an aromatic ring is 2. The fraction of sp³-hybridized carbons (Fsp3) is 0.357. The SMILES string of the molecule is Nc1n[nH]c(N)c1N=Nc1ccc(N2CCCCC2)cc1. The van der Waals surface area contributed by atoms with Crippen molar-refractivity contribution < 1.29 is 0 Å². The van der Waals surface area contributed by atoms with Gasteiger partial charge < -0.3 is 16.4 Å². The number of anilines is 3. The lowest BCUT2D eigenvalue weighted by Gasteiger charge is -2.28. The average molecular weight is 285 g/mol. The van der Waals surface area contributed by atoms with Crippen molar-refractivity contribution in [1.29, 1.82) is 0 Å². The summed E-state index contributed by atoms with van der Waals surface area (Å²) in [4.78, 5) is 2.40.